The van der Waals surface area contributed by atoms with Crippen LogP contribution in [0.1, 0.15) is 52.0 Å². The van der Waals surface area contributed by atoms with E-state index in [2.05, 4.69) is 69.8 Å². The standard InChI is InChI=1S/C19H28/c1-5-17(3)13-9-8-12-16-19(4,6-2)18-14-10-7-11-15-18/h5,7-8,10-12,14-15,17H,1,6,9,13,16H2,2-4H3. The molecule has 0 radical (unpaired) electrons. The molecule has 0 nitrogen and oxygen atoms in total. The molecule has 2 atom stereocenters. The molecule has 1 aromatic rings. The molecule has 0 aliphatic carbocycles. The second kappa shape index (κ2) is 7.99. The summed E-state index contributed by atoms with van der Waals surface area (Å²) in [6.45, 7) is 10.7. The predicted molar refractivity (Wildman–Crippen MR) is 86.4 cm³/mol. The van der Waals surface area contributed by atoms with Crippen LogP contribution in [-0.4, -0.2) is 0 Å². The van der Waals surface area contributed by atoms with Crippen LogP contribution >= 0.6 is 0 Å². The molecule has 0 amide bonds. The fourth-order valence-electron chi connectivity index (χ4n) is 2.25. The van der Waals surface area contributed by atoms with Crippen molar-refractivity contribution in [1.29, 1.82) is 0 Å². The molecule has 0 aliphatic heterocycles. The van der Waals surface area contributed by atoms with Crippen molar-refractivity contribution in [2.75, 3.05) is 0 Å². The second-order valence-electron chi connectivity index (χ2n) is 5.75. The van der Waals surface area contributed by atoms with E-state index in [9.17, 15) is 0 Å². The SMILES string of the molecule is C=CC(C)CCC=CCC(C)(CC)c1ccccc1. The smallest absolute Gasteiger partial charge is 0.00434 e. The molecule has 0 aromatic heterocycles. The van der Waals surface area contributed by atoms with Crippen molar-refractivity contribution in [1.82, 2.24) is 0 Å². The maximum Gasteiger partial charge on any atom is -0.00434 e. The van der Waals surface area contributed by atoms with E-state index in [1.807, 2.05) is 6.08 Å². The number of hydrogen-bond acceptors (Lipinski definition) is 0. The first-order valence-electron chi connectivity index (χ1n) is 7.45. The summed E-state index contributed by atoms with van der Waals surface area (Å²) in [5.41, 5.74) is 1.71. The molecule has 0 fully saturated rings. The molecule has 1 rings (SSSR count). The van der Waals surface area contributed by atoms with Gasteiger partial charge in [-0.1, -0.05) is 69.3 Å². The monoisotopic (exact) mass is 256 g/mol. The molecular weight excluding hydrogens is 228 g/mol. The maximum absolute atomic E-state index is 3.83. The molecular formula is C19H28. The molecule has 0 aliphatic rings. The van der Waals surface area contributed by atoms with Gasteiger partial charge in [0, 0.05) is 0 Å². The zero-order chi connectivity index (χ0) is 14.1. The highest BCUT2D eigenvalue weighted by Gasteiger charge is 2.22. The molecule has 19 heavy (non-hydrogen) atoms. The van der Waals surface area contributed by atoms with Crippen molar-refractivity contribution in [3.05, 3.63) is 60.7 Å². The Kier molecular flexibility index (Phi) is 6.62. The van der Waals surface area contributed by atoms with Gasteiger partial charge in [0.25, 0.3) is 0 Å². The van der Waals surface area contributed by atoms with Crippen molar-refractivity contribution < 1.29 is 0 Å². The van der Waals surface area contributed by atoms with E-state index < -0.39 is 0 Å². The molecule has 104 valence electrons. The Morgan fingerprint density at radius 1 is 1.21 bits per heavy atom. The lowest BCUT2D eigenvalue weighted by Gasteiger charge is -2.27. The second-order valence-corrected chi connectivity index (χ2v) is 5.75. The van der Waals surface area contributed by atoms with Gasteiger partial charge in [0.2, 0.25) is 0 Å². The first kappa shape index (κ1) is 15.8. The van der Waals surface area contributed by atoms with Crippen LogP contribution < -0.4 is 0 Å². The fraction of sp³-hybridized carbons (Fsp3) is 0.474. The van der Waals surface area contributed by atoms with Crippen molar-refractivity contribution in [3.63, 3.8) is 0 Å². The quantitative estimate of drug-likeness (QED) is 0.508. The van der Waals surface area contributed by atoms with Crippen LogP contribution in [0.25, 0.3) is 0 Å². The highest BCUT2D eigenvalue weighted by atomic mass is 14.3. The van der Waals surface area contributed by atoms with Gasteiger partial charge in [-0.3, -0.25) is 0 Å². The van der Waals surface area contributed by atoms with E-state index in [-0.39, 0.29) is 5.41 Å². The molecule has 0 heterocycles. The minimum Gasteiger partial charge on any atom is -0.103 e. The van der Waals surface area contributed by atoms with Gasteiger partial charge in [-0.2, -0.15) is 0 Å². The summed E-state index contributed by atoms with van der Waals surface area (Å²) in [5.74, 6) is 0.622. The van der Waals surface area contributed by atoms with Gasteiger partial charge in [-0.05, 0) is 42.6 Å². The Balaban J connectivity index is 2.53. The molecule has 0 heteroatoms. The van der Waals surface area contributed by atoms with Crippen LogP contribution in [0.4, 0.5) is 0 Å². The lowest BCUT2D eigenvalue weighted by atomic mass is 9.77. The average molecular weight is 256 g/mol. The topological polar surface area (TPSA) is 0 Å². The number of allylic oxidation sites excluding steroid dienone is 3. The van der Waals surface area contributed by atoms with Crippen LogP contribution in [0.2, 0.25) is 0 Å². The number of rotatable bonds is 8. The van der Waals surface area contributed by atoms with Gasteiger partial charge < -0.3 is 0 Å². The lowest BCUT2D eigenvalue weighted by Crippen LogP contribution is -2.19. The van der Waals surface area contributed by atoms with Gasteiger partial charge in [-0.25, -0.2) is 0 Å². The summed E-state index contributed by atoms with van der Waals surface area (Å²) in [4.78, 5) is 0. The fourth-order valence-corrected chi connectivity index (χ4v) is 2.25. The van der Waals surface area contributed by atoms with Crippen LogP contribution in [0.5, 0.6) is 0 Å². The third-order valence-corrected chi connectivity index (χ3v) is 4.18. The van der Waals surface area contributed by atoms with E-state index >= 15 is 0 Å². The van der Waals surface area contributed by atoms with Gasteiger partial charge in [0.15, 0.2) is 0 Å². The summed E-state index contributed by atoms with van der Waals surface area (Å²) in [7, 11) is 0. The average Bonchev–Trinajstić information content (AvgIpc) is 2.47. The largest absolute Gasteiger partial charge is 0.103 e. The summed E-state index contributed by atoms with van der Waals surface area (Å²) in [6, 6.07) is 10.9. The zero-order valence-corrected chi connectivity index (χ0v) is 12.7. The molecule has 0 saturated heterocycles. The van der Waals surface area contributed by atoms with E-state index in [0.29, 0.717) is 5.92 Å². The first-order chi connectivity index (χ1) is 9.12. The van der Waals surface area contributed by atoms with Gasteiger partial charge in [0.05, 0.1) is 0 Å². The molecule has 2 unspecified atom stereocenters. The third-order valence-electron chi connectivity index (χ3n) is 4.18. The van der Waals surface area contributed by atoms with E-state index in [1.54, 1.807) is 0 Å². The van der Waals surface area contributed by atoms with Crippen LogP contribution in [0.3, 0.4) is 0 Å². The van der Waals surface area contributed by atoms with Crippen LogP contribution in [0, 0.1) is 5.92 Å². The molecule has 1 aromatic carbocycles. The van der Waals surface area contributed by atoms with Gasteiger partial charge >= 0.3 is 0 Å². The Morgan fingerprint density at radius 2 is 1.89 bits per heavy atom. The molecule has 0 bridgehead atoms. The highest BCUT2D eigenvalue weighted by molar-refractivity contribution is 5.25. The third kappa shape index (κ3) is 5.06. The minimum atomic E-state index is 0.266. The zero-order valence-electron chi connectivity index (χ0n) is 12.7. The predicted octanol–water partition coefficient (Wildman–Crippen LogP) is 5.90. The Labute approximate surface area is 119 Å². The van der Waals surface area contributed by atoms with E-state index in [1.165, 1.54) is 18.4 Å². The molecule has 0 spiro atoms. The number of hydrogen-bond donors (Lipinski definition) is 0. The van der Waals surface area contributed by atoms with Crippen molar-refractivity contribution >= 4 is 0 Å². The molecule has 0 saturated carbocycles. The first-order valence-corrected chi connectivity index (χ1v) is 7.45. The van der Waals surface area contributed by atoms with Crippen molar-refractivity contribution in [2.24, 2.45) is 5.92 Å². The van der Waals surface area contributed by atoms with Crippen molar-refractivity contribution in [3.8, 4) is 0 Å². The Hall–Kier alpha value is -1.30. The summed E-state index contributed by atoms with van der Waals surface area (Å²) in [6.07, 6.45) is 11.4. The summed E-state index contributed by atoms with van der Waals surface area (Å²) < 4.78 is 0. The van der Waals surface area contributed by atoms with Crippen LogP contribution in [-0.2, 0) is 5.41 Å². The lowest BCUT2D eigenvalue weighted by molar-refractivity contribution is 0.460. The maximum atomic E-state index is 3.83. The van der Waals surface area contributed by atoms with Gasteiger partial charge in [0.1, 0.15) is 0 Å². The molecule has 0 N–H and O–H groups in total. The summed E-state index contributed by atoms with van der Waals surface area (Å²) >= 11 is 0. The minimum absolute atomic E-state index is 0.266. The number of benzene rings is 1. The highest BCUT2D eigenvalue weighted by Crippen LogP contribution is 2.31. The summed E-state index contributed by atoms with van der Waals surface area (Å²) in [5, 5.41) is 0. The van der Waals surface area contributed by atoms with Crippen molar-refractivity contribution in [2.45, 2.75) is 51.9 Å². The van der Waals surface area contributed by atoms with E-state index in [0.717, 1.165) is 12.8 Å². The Morgan fingerprint density at radius 3 is 2.47 bits per heavy atom. The Bertz CT molecular complexity index is 388. The normalized spacial score (nSPS) is 16.2. The van der Waals surface area contributed by atoms with Crippen LogP contribution in [0.15, 0.2) is 55.1 Å². The van der Waals surface area contributed by atoms with Gasteiger partial charge in [-0.15, -0.1) is 6.58 Å². The van der Waals surface area contributed by atoms with E-state index in [4.69, 9.17) is 0 Å².